The van der Waals surface area contributed by atoms with E-state index in [0.29, 0.717) is 17.4 Å². The number of epoxide rings is 1. The average molecular weight is 330 g/mol. The van der Waals surface area contributed by atoms with Crippen LogP contribution in [0.1, 0.15) is 47.0 Å². The number of Topliss-reactive ketones (excluding diaryl/α,β-unsaturated/α-hetero) is 2. The van der Waals surface area contributed by atoms with E-state index in [2.05, 4.69) is 27.4 Å². The standard InChI is InChI=1S/C20H26O4/c1-9(2)11-6-7-19-8-12-10(3)13(21)16-20(12,24-16)18(19,5)15(23)14(22)17(11,19)4/h9,11-12,14,16,22H,3,6-8H2,1-2,4-5H3/t11-,12?,14+,16-,17+,18+,19-,20+/m1/s1. The monoisotopic (exact) mass is 330 g/mol. The largest absolute Gasteiger partial charge is 0.385 e. The minimum absolute atomic E-state index is 0.0228. The minimum atomic E-state index is -0.957. The highest BCUT2D eigenvalue weighted by Crippen LogP contribution is 2.86. The number of rotatable bonds is 1. The van der Waals surface area contributed by atoms with Crippen LogP contribution >= 0.6 is 0 Å². The van der Waals surface area contributed by atoms with Crippen molar-refractivity contribution in [2.75, 3.05) is 0 Å². The summed E-state index contributed by atoms with van der Waals surface area (Å²) < 4.78 is 5.98. The van der Waals surface area contributed by atoms with Crippen LogP contribution in [0, 0.1) is 34.0 Å². The zero-order valence-electron chi connectivity index (χ0n) is 14.9. The molecule has 0 radical (unpaired) electrons. The highest BCUT2D eigenvalue weighted by molar-refractivity contribution is 6.09. The van der Waals surface area contributed by atoms with Gasteiger partial charge in [0.2, 0.25) is 0 Å². The minimum Gasteiger partial charge on any atom is -0.385 e. The normalized spacial score (nSPS) is 60.5. The van der Waals surface area contributed by atoms with E-state index in [1.165, 1.54) is 0 Å². The molecule has 5 fully saturated rings. The fourth-order valence-electron chi connectivity index (χ4n) is 8.10. The van der Waals surface area contributed by atoms with Crippen molar-refractivity contribution in [2.45, 2.75) is 64.8 Å². The fourth-order valence-corrected chi connectivity index (χ4v) is 8.10. The van der Waals surface area contributed by atoms with Crippen molar-refractivity contribution >= 4 is 11.6 Å². The van der Waals surface area contributed by atoms with Crippen LogP contribution in [0.4, 0.5) is 0 Å². The predicted octanol–water partition coefficient (Wildman–Crippen LogP) is 2.29. The van der Waals surface area contributed by atoms with Crippen LogP contribution in [-0.4, -0.2) is 34.5 Å². The molecule has 0 bridgehead atoms. The third kappa shape index (κ3) is 1.04. The van der Waals surface area contributed by atoms with Gasteiger partial charge in [0.15, 0.2) is 17.7 Å². The smallest absolute Gasteiger partial charge is 0.190 e. The number of ketones is 2. The van der Waals surface area contributed by atoms with E-state index in [4.69, 9.17) is 4.74 Å². The highest BCUT2D eigenvalue weighted by atomic mass is 16.6. The molecule has 0 aromatic carbocycles. The molecular formula is C20H26O4. The lowest BCUT2D eigenvalue weighted by Crippen LogP contribution is -2.48. The zero-order valence-corrected chi connectivity index (χ0v) is 14.9. The second kappa shape index (κ2) is 3.73. The Morgan fingerprint density at radius 3 is 2.58 bits per heavy atom. The first-order valence-electron chi connectivity index (χ1n) is 9.24. The number of hydrogen-bond acceptors (Lipinski definition) is 4. The number of hydrogen-bond donors (Lipinski definition) is 1. The Bertz CT molecular complexity index is 725. The maximum Gasteiger partial charge on any atom is 0.190 e. The van der Waals surface area contributed by atoms with Gasteiger partial charge >= 0.3 is 0 Å². The molecular weight excluding hydrogens is 304 g/mol. The van der Waals surface area contributed by atoms with Gasteiger partial charge in [-0.2, -0.15) is 0 Å². The molecule has 0 aromatic rings. The molecule has 4 aliphatic carbocycles. The van der Waals surface area contributed by atoms with Crippen LogP contribution in [0.3, 0.4) is 0 Å². The van der Waals surface area contributed by atoms with Crippen LogP contribution in [-0.2, 0) is 14.3 Å². The fraction of sp³-hybridized carbons (Fsp3) is 0.800. The predicted molar refractivity (Wildman–Crippen MR) is 87.1 cm³/mol. The van der Waals surface area contributed by atoms with Gasteiger partial charge in [0.05, 0.1) is 5.41 Å². The number of aliphatic hydroxyl groups excluding tert-OH is 1. The van der Waals surface area contributed by atoms with Gasteiger partial charge in [-0.3, -0.25) is 9.59 Å². The first-order chi connectivity index (χ1) is 11.1. The quantitative estimate of drug-likeness (QED) is 0.592. The molecule has 1 N–H and O–H groups in total. The van der Waals surface area contributed by atoms with Gasteiger partial charge in [-0.05, 0) is 49.0 Å². The highest BCUT2D eigenvalue weighted by Gasteiger charge is 2.94. The van der Waals surface area contributed by atoms with Crippen molar-refractivity contribution in [1.82, 2.24) is 0 Å². The van der Waals surface area contributed by atoms with Gasteiger partial charge in [-0.15, -0.1) is 0 Å². The van der Waals surface area contributed by atoms with Crippen molar-refractivity contribution in [3.05, 3.63) is 12.2 Å². The van der Waals surface area contributed by atoms with E-state index in [0.717, 1.165) is 19.3 Å². The molecule has 4 heteroatoms. The Hall–Kier alpha value is -1.00. The van der Waals surface area contributed by atoms with E-state index in [-0.39, 0.29) is 22.9 Å². The van der Waals surface area contributed by atoms with Crippen LogP contribution in [0.25, 0.3) is 0 Å². The molecule has 0 aromatic heterocycles. The van der Waals surface area contributed by atoms with E-state index in [1.54, 1.807) is 0 Å². The summed E-state index contributed by atoms with van der Waals surface area (Å²) in [6.45, 7) is 12.5. The molecule has 1 saturated heterocycles. The molecule has 24 heavy (non-hydrogen) atoms. The molecule has 5 rings (SSSR count). The summed E-state index contributed by atoms with van der Waals surface area (Å²) in [4.78, 5) is 25.8. The van der Waals surface area contributed by atoms with Crippen LogP contribution in [0.2, 0.25) is 0 Å². The van der Waals surface area contributed by atoms with Crippen LogP contribution in [0.5, 0.6) is 0 Å². The molecule has 5 aliphatic rings. The second-order valence-corrected chi connectivity index (χ2v) is 9.58. The summed E-state index contributed by atoms with van der Waals surface area (Å²) in [5.41, 5.74) is -1.57. The number of ether oxygens (including phenoxy) is 1. The lowest BCUT2D eigenvalue weighted by Gasteiger charge is -2.46. The third-order valence-corrected chi connectivity index (χ3v) is 9.23. The van der Waals surface area contributed by atoms with E-state index in [1.807, 2.05) is 6.92 Å². The molecule has 130 valence electrons. The van der Waals surface area contributed by atoms with Crippen molar-refractivity contribution in [2.24, 2.45) is 34.0 Å². The molecule has 0 amide bonds. The summed E-state index contributed by atoms with van der Waals surface area (Å²) in [6, 6.07) is 0. The molecule has 4 nitrogen and oxygen atoms in total. The topological polar surface area (TPSA) is 66.9 Å². The van der Waals surface area contributed by atoms with E-state index in [9.17, 15) is 14.7 Å². The maximum absolute atomic E-state index is 13.4. The summed E-state index contributed by atoms with van der Waals surface area (Å²) in [6.07, 6.45) is 1.26. The molecule has 1 aliphatic heterocycles. The molecule has 1 heterocycles. The van der Waals surface area contributed by atoms with Gasteiger partial charge in [0.25, 0.3) is 0 Å². The van der Waals surface area contributed by atoms with Crippen LogP contribution in [0.15, 0.2) is 12.2 Å². The number of aliphatic hydroxyl groups is 1. The summed E-state index contributed by atoms with van der Waals surface area (Å²) >= 11 is 0. The van der Waals surface area contributed by atoms with Crippen molar-refractivity contribution in [3.8, 4) is 0 Å². The van der Waals surface area contributed by atoms with Gasteiger partial charge < -0.3 is 9.84 Å². The first-order valence-corrected chi connectivity index (χ1v) is 9.24. The Labute approximate surface area is 142 Å². The van der Waals surface area contributed by atoms with Gasteiger partial charge in [0.1, 0.15) is 11.7 Å². The van der Waals surface area contributed by atoms with Gasteiger partial charge in [0, 0.05) is 11.3 Å². The van der Waals surface area contributed by atoms with Gasteiger partial charge in [-0.1, -0.05) is 27.4 Å². The molecule has 1 unspecified atom stereocenters. The lowest BCUT2D eigenvalue weighted by atomic mass is 9.55. The third-order valence-electron chi connectivity index (χ3n) is 9.23. The summed E-state index contributed by atoms with van der Waals surface area (Å²) in [7, 11) is 0. The van der Waals surface area contributed by atoms with Crippen LogP contribution < -0.4 is 0 Å². The average Bonchev–Trinajstić information content (AvgIpc) is 3.05. The molecule has 8 atom stereocenters. The molecule has 2 spiro atoms. The molecule has 4 saturated carbocycles. The van der Waals surface area contributed by atoms with Crippen molar-refractivity contribution in [1.29, 1.82) is 0 Å². The Kier molecular flexibility index (Phi) is 2.37. The zero-order chi connectivity index (χ0) is 17.4. The van der Waals surface area contributed by atoms with E-state index < -0.39 is 28.6 Å². The Balaban J connectivity index is 1.76. The second-order valence-electron chi connectivity index (χ2n) is 9.58. The van der Waals surface area contributed by atoms with Crippen molar-refractivity contribution < 1.29 is 19.4 Å². The SMILES string of the molecule is C=C1C(=O)[C@H]2O[C@@]23C1C[C@]12CC[C@H](C(C)C)[C@@]1(C)[C@@H](O)C(=O)[C@@]23C. The lowest BCUT2D eigenvalue weighted by molar-refractivity contribution is -0.138. The first kappa shape index (κ1) is 15.3. The van der Waals surface area contributed by atoms with E-state index >= 15 is 0 Å². The van der Waals surface area contributed by atoms with Gasteiger partial charge in [-0.25, -0.2) is 0 Å². The number of carbonyl (C=O) groups excluding carboxylic acids is 2. The Morgan fingerprint density at radius 2 is 1.96 bits per heavy atom. The Morgan fingerprint density at radius 1 is 1.29 bits per heavy atom. The maximum atomic E-state index is 13.4. The summed E-state index contributed by atoms with van der Waals surface area (Å²) in [5, 5.41) is 11.1. The number of carbonyl (C=O) groups is 2. The summed E-state index contributed by atoms with van der Waals surface area (Å²) in [5.74, 6) is 0.558. The van der Waals surface area contributed by atoms with Crippen molar-refractivity contribution in [3.63, 3.8) is 0 Å².